The van der Waals surface area contributed by atoms with Crippen molar-refractivity contribution in [1.82, 2.24) is 9.97 Å². The lowest BCUT2D eigenvalue weighted by Gasteiger charge is -2.55. The summed E-state index contributed by atoms with van der Waals surface area (Å²) in [6.45, 7) is 6.66. The largest absolute Gasteiger partial charge is 0.348 e. The first kappa shape index (κ1) is 20.9. The Morgan fingerprint density at radius 2 is 1.71 bits per heavy atom. The number of rotatable bonds is 5. The molecule has 3 aromatic carbocycles. The van der Waals surface area contributed by atoms with Crippen LogP contribution in [0.25, 0.3) is 11.1 Å². The third-order valence-corrected chi connectivity index (χ3v) is 7.67. The Bertz CT molecular complexity index is 1320. The quantitative estimate of drug-likeness (QED) is 0.350. The van der Waals surface area contributed by atoms with E-state index in [2.05, 4.69) is 103 Å². The summed E-state index contributed by atoms with van der Waals surface area (Å²) in [7, 11) is 0. The average molecular weight is 447 g/mol. The van der Waals surface area contributed by atoms with Gasteiger partial charge in [-0.05, 0) is 72.6 Å². The van der Waals surface area contributed by atoms with Crippen LogP contribution >= 0.6 is 0 Å². The highest BCUT2D eigenvalue weighted by Gasteiger charge is 2.49. The number of hydrogen-bond donors (Lipinski definition) is 1. The SMILES string of the molecule is Cc1ccc(-c2ccc3c(c2)C2CC(C2C)N3c2ccnc(N[C@@H](C)c3ccccc3)n2)cc1. The number of nitrogens with zero attached hydrogens (tertiary/aromatic N) is 3. The maximum absolute atomic E-state index is 4.96. The van der Waals surface area contributed by atoms with E-state index in [-0.39, 0.29) is 6.04 Å². The van der Waals surface area contributed by atoms with E-state index in [4.69, 9.17) is 4.98 Å². The first-order chi connectivity index (χ1) is 16.6. The molecule has 1 aliphatic carbocycles. The van der Waals surface area contributed by atoms with Crippen molar-refractivity contribution in [3.05, 3.63) is 102 Å². The van der Waals surface area contributed by atoms with Gasteiger partial charge < -0.3 is 10.2 Å². The molecule has 3 heterocycles. The lowest BCUT2D eigenvalue weighted by atomic mass is 9.62. The lowest BCUT2D eigenvalue weighted by Crippen LogP contribution is -2.53. The number of anilines is 3. The molecule has 4 nitrogen and oxygen atoms in total. The Kier molecular flexibility index (Phi) is 5.09. The van der Waals surface area contributed by atoms with Crippen LogP contribution < -0.4 is 10.2 Å². The highest BCUT2D eigenvalue weighted by molar-refractivity contribution is 5.76. The van der Waals surface area contributed by atoms with Crippen molar-refractivity contribution in [3.8, 4) is 11.1 Å². The molecule has 1 aromatic heterocycles. The average Bonchev–Trinajstić information content (AvgIpc) is 2.88. The van der Waals surface area contributed by atoms with E-state index in [0.29, 0.717) is 23.8 Å². The number of aromatic nitrogens is 2. The van der Waals surface area contributed by atoms with Crippen LogP contribution in [0.15, 0.2) is 85.1 Å². The fourth-order valence-corrected chi connectivity index (χ4v) is 5.55. The monoisotopic (exact) mass is 446 g/mol. The van der Waals surface area contributed by atoms with Gasteiger partial charge in [0.2, 0.25) is 5.95 Å². The van der Waals surface area contributed by atoms with Gasteiger partial charge in [0.15, 0.2) is 0 Å². The predicted molar refractivity (Wildman–Crippen MR) is 140 cm³/mol. The van der Waals surface area contributed by atoms with Crippen molar-refractivity contribution < 1.29 is 0 Å². The van der Waals surface area contributed by atoms with Gasteiger partial charge in [0.05, 0.1) is 6.04 Å². The second kappa shape index (κ2) is 8.28. The predicted octanol–water partition coefficient (Wildman–Crippen LogP) is 7.27. The topological polar surface area (TPSA) is 41.1 Å². The number of benzene rings is 3. The third-order valence-electron chi connectivity index (χ3n) is 7.67. The minimum atomic E-state index is 0.133. The first-order valence-corrected chi connectivity index (χ1v) is 12.2. The standard InChI is InChI=1S/C30H30N4/c1-19-9-11-23(12-10-19)24-13-14-27-26(17-24)25-18-28(20(25)2)34(27)29-15-16-31-30(33-29)32-21(3)22-7-5-4-6-8-22/h4-17,20-21,25,28H,18H2,1-3H3,(H,31,32,33)/t20?,21-,25?,28?/m0/s1. The molecule has 3 aliphatic rings. The normalized spacial score (nSPS) is 21.4. The van der Waals surface area contributed by atoms with Gasteiger partial charge in [0, 0.05) is 17.9 Å². The summed E-state index contributed by atoms with van der Waals surface area (Å²) in [6.07, 6.45) is 3.05. The van der Waals surface area contributed by atoms with Crippen LogP contribution in [-0.4, -0.2) is 16.0 Å². The highest BCUT2D eigenvalue weighted by atomic mass is 15.3. The van der Waals surface area contributed by atoms with E-state index in [1.54, 1.807) is 0 Å². The maximum Gasteiger partial charge on any atom is 0.225 e. The van der Waals surface area contributed by atoms with Gasteiger partial charge in [-0.15, -0.1) is 0 Å². The van der Waals surface area contributed by atoms with Crippen molar-refractivity contribution in [2.45, 2.75) is 45.2 Å². The van der Waals surface area contributed by atoms with Crippen molar-refractivity contribution >= 4 is 17.5 Å². The van der Waals surface area contributed by atoms with E-state index in [0.717, 1.165) is 5.82 Å². The molecular weight excluding hydrogens is 416 g/mol. The molecule has 0 radical (unpaired) electrons. The molecule has 0 amide bonds. The molecule has 34 heavy (non-hydrogen) atoms. The van der Waals surface area contributed by atoms with Gasteiger partial charge in [-0.1, -0.05) is 73.2 Å². The Morgan fingerprint density at radius 1 is 0.941 bits per heavy atom. The van der Waals surface area contributed by atoms with Gasteiger partial charge in [0.25, 0.3) is 0 Å². The zero-order valence-electron chi connectivity index (χ0n) is 19.9. The molecule has 4 heteroatoms. The van der Waals surface area contributed by atoms with Crippen LogP contribution in [0, 0.1) is 12.8 Å². The molecule has 3 unspecified atom stereocenters. The van der Waals surface area contributed by atoms with Gasteiger partial charge in [-0.3, -0.25) is 0 Å². The number of hydrogen-bond acceptors (Lipinski definition) is 4. The molecular formula is C30H30N4. The summed E-state index contributed by atoms with van der Waals surface area (Å²) >= 11 is 0. The van der Waals surface area contributed by atoms with Crippen molar-refractivity contribution in [2.24, 2.45) is 5.92 Å². The third kappa shape index (κ3) is 3.54. The van der Waals surface area contributed by atoms with E-state index >= 15 is 0 Å². The van der Waals surface area contributed by atoms with E-state index < -0.39 is 0 Å². The summed E-state index contributed by atoms with van der Waals surface area (Å²) < 4.78 is 0. The summed E-state index contributed by atoms with van der Waals surface area (Å²) in [4.78, 5) is 11.9. The van der Waals surface area contributed by atoms with Gasteiger partial charge in [-0.2, -0.15) is 4.98 Å². The van der Waals surface area contributed by atoms with Crippen molar-refractivity contribution in [3.63, 3.8) is 0 Å². The smallest absolute Gasteiger partial charge is 0.225 e. The molecule has 4 atom stereocenters. The van der Waals surface area contributed by atoms with E-state index in [1.165, 1.54) is 39.9 Å². The molecule has 1 N–H and O–H groups in total. The van der Waals surface area contributed by atoms with E-state index in [9.17, 15) is 0 Å². The minimum absolute atomic E-state index is 0.133. The number of nitrogens with one attached hydrogen (secondary N) is 1. The molecule has 2 aliphatic heterocycles. The molecule has 7 rings (SSSR count). The van der Waals surface area contributed by atoms with Crippen LogP contribution in [-0.2, 0) is 0 Å². The molecule has 2 bridgehead atoms. The Labute approximate surface area is 201 Å². The fraction of sp³-hybridized carbons (Fsp3) is 0.267. The molecule has 0 spiro atoms. The van der Waals surface area contributed by atoms with Crippen molar-refractivity contribution in [2.75, 3.05) is 10.2 Å². The summed E-state index contributed by atoms with van der Waals surface area (Å²) in [6, 6.07) is 28.9. The number of aryl methyl sites for hydroxylation is 1. The Morgan fingerprint density at radius 3 is 2.47 bits per heavy atom. The van der Waals surface area contributed by atoms with Crippen LogP contribution in [0.2, 0.25) is 0 Å². The van der Waals surface area contributed by atoms with Crippen molar-refractivity contribution in [1.29, 1.82) is 0 Å². The second-order valence-electron chi connectivity index (χ2n) is 9.79. The van der Waals surface area contributed by atoms with E-state index in [1.807, 2.05) is 18.3 Å². The fourth-order valence-electron chi connectivity index (χ4n) is 5.55. The summed E-state index contributed by atoms with van der Waals surface area (Å²) in [5, 5.41) is 3.49. The van der Waals surface area contributed by atoms with Crippen LogP contribution in [0.3, 0.4) is 0 Å². The lowest BCUT2D eigenvalue weighted by molar-refractivity contribution is 0.208. The Hall–Kier alpha value is -3.66. The molecule has 1 fully saturated rings. The van der Waals surface area contributed by atoms with Gasteiger partial charge in [0.1, 0.15) is 5.82 Å². The summed E-state index contributed by atoms with van der Waals surface area (Å²) in [5.41, 5.74) is 7.81. The molecule has 1 saturated carbocycles. The molecule has 0 saturated heterocycles. The second-order valence-corrected chi connectivity index (χ2v) is 9.79. The van der Waals surface area contributed by atoms with Crippen LogP contribution in [0.4, 0.5) is 17.5 Å². The molecule has 170 valence electrons. The first-order valence-electron chi connectivity index (χ1n) is 12.2. The zero-order chi connectivity index (χ0) is 23.2. The molecule has 4 aromatic rings. The summed E-state index contributed by atoms with van der Waals surface area (Å²) in [5.74, 6) is 2.87. The Balaban J connectivity index is 1.33. The maximum atomic E-state index is 4.96. The minimum Gasteiger partial charge on any atom is -0.348 e. The van der Waals surface area contributed by atoms with Gasteiger partial charge in [-0.25, -0.2) is 4.98 Å². The van der Waals surface area contributed by atoms with Gasteiger partial charge >= 0.3 is 0 Å². The highest BCUT2D eigenvalue weighted by Crippen LogP contribution is 2.56. The zero-order valence-corrected chi connectivity index (χ0v) is 19.9. The van der Waals surface area contributed by atoms with Crippen LogP contribution in [0.1, 0.15) is 48.9 Å². The van der Waals surface area contributed by atoms with Crippen LogP contribution in [0.5, 0.6) is 0 Å².